The predicted molar refractivity (Wildman–Crippen MR) is 117 cm³/mol. The Kier molecular flexibility index (Phi) is 7.52. The second kappa shape index (κ2) is 10.1. The van der Waals surface area contributed by atoms with E-state index in [2.05, 4.69) is 24.1 Å². The molecule has 1 atom stereocenters. The number of hydrogen-bond acceptors (Lipinski definition) is 6. The van der Waals surface area contributed by atoms with Crippen molar-refractivity contribution in [2.24, 2.45) is 11.8 Å². The quantitative estimate of drug-likeness (QED) is 0.667. The van der Waals surface area contributed by atoms with Gasteiger partial charge in [-0.05, 0) is 38.3 Å². The number of ether oxygens (including phenoxy) is 2. The summed E-state index contributed by atoms with van der Waals surface area (Å²) in [6.45, 7) is 12.0. The van der Waals surface area contributed by atoms with Gasteiger partial charge < -0.3 is 29.5 Å². The van der Waals surface area contributed by atoms with E-state index in [9.17, 15) is 9.59 Å². The number of likely N-dealkylation sites (tertiary alicyclic amines) is 2. The van der Waals surface area contributed by atoms with Crippen molar-refractivity contribution in [1.29, 1.82) is 0 Å². The number of amides is 2. The van der Waals surface area contributed by atoms with Crippen LogP contribution in [0, 0.1) is 11.8 Å². The van der Waals surface area contributed by atoms with Gasteiger partial charge in [-0.25, -0.2) is 0 Å². The van der Waals surface area contributed by atoms with Crippen LogP contribution in [0.2, 0.25) is 0 Å². The molecule has 8 heteroatoms. The molecule has 1 N–H and O–H groups in total. The van der Waals surface area contributed by atoms with Gasteiger partial charge in [0.2, 0.25) is 11.8 Å². The summed E-state index contributed by atoms with van der Waals surface area (Å²) < 4.78 is 12.4. The molecule has 176 valence electrons. The van der Waals surface area contributed by atoms with Gasteiger partial charge in [0.25, 0.3) is 0 Å². The van der Waals surface area contributed by atoms with Gasteiger partial charge in [0.1, 0.15) is 0 Å². The van der Waals surface area contributed by atoms with Gasteiger partial charge in [-0.15, -0.1) is 0 Å². The summed E-state index contributed by atoms with van der Waals surface area (Å²) in [6.07, 6.45) is 4.84. The van der Waals surface area contributed by atoms with E-state index in [0.29, 0.717) is 44.3 Å². The number of carbonyl (C=O) groups is 2. The predicted octanol–water partition coefficient (Wildman–Crippen LogP) is 0.910. The average molecular weight is 437 g/mol. The van der Waals surface area contributed by atoms with Gasteiger partial charge in [0.15, 0.2) is 5.79 Å². The Balaban J connectivity index is 1.21. The summed E-state index contributed by atoms with van der Waals surface area (Å²) in [5.41, 5.74) is 0. The van der Waals surface area contributed by atoms with Crippen LogP contribution in [0.5, 0.6) is 0 Å². The number of nitrogens with one attached hydrogen (secondary N) is 1. The zero-order valence-corrected chi connectivity index (χ0v) is 19.3. The van der Waals surface area contributed by atoms with Crippen molar-refractivity contribution in [2.75, 3.05) is 65.6 Å². The van der Waals surface area contributed by atoms with E-state index < -0.39 is 5.79 Å². The fraction of sp³-hybridized carbons (Fsp3) is 0.913. The van der Waals surface area contributed by atoms with Crippen molar-refractivity contribution in [3.05, 3.63) is 0 Å². The number of carbonyl (C=O) groups excluding carboxylic acids is 2. The first kappa shape index (κ1) is 23.0. The molecule has 1 spiro atoms. The maximum absolute atomic E-state index is 12.9. The first-order chi connectivity index (χ1) is 14.9. The molecule has 0 aromatic carbocycles. The third-order valence-corrected chi connectivity index (χ3v) is 7.17. The van der Waals surface area contributed by atoms with Crippen molar-refractivity contribution in [3.8, 4) is 0 Å². The third kappa shape index (κ3) is 5.78. The van der Waals surface area contributed by atoms with E-state index in [1.54, 1.807) is 4.90 Å². The van der Waals surface area contributed by atoms with Gasteiger partial charge in [-0.1, -0.05) is 13.8 Å². The smallest absolute Gasteiger partial charge is 0.242 e. The molecule has 0 aromatic heterocycles. The second-order valence-electron chi connectivity index (χ2n) is 10.2. The van der Waals surface area contributed by atoms with E-state index in [-0.39, 0.29) is 24.4 Å². The first-order valence-electron chi connectivity index (χ1n) is 12.2. The highest BCUT2D eigenvalue weighted by atomic mass is 16.7. The Morgan fingerprint density at radius 3 is 2.42 bits per heavy atom. The molecular formula is C23H40N4O4. The van der Waals surface area contributed by atoms with Crippen LogP contribution >= 0.6 is 0 Å². The van der Waals surface area contributed by atoms with Crippen LogP contribution < -0.4 is 5.32 Å². The minimum Gasteiger partial charge on any atom is -0.349 e. The SMILES string of the molecule is CC(C)CC1NCCN(CC(=O)N2CCC3(CC2)OCC(CN2CCCC2)CO3)C1=O. The van der Waals surface area contributed by atoms with E-state index >= 15 is 0 Å². The van der Waals surface area contributed by atoms with Crippen molar-refractivity contribution < 1.29 is 19.1 Å². The van der Waals surface area contributed by atoms with Crippen LogP contribution in [-0.2, 0) is 19.1 Å². The Labute approximate surface area is 186 Å². The summed E-state index contributed by atoms with van der Waals surface area (Å²) in [5.74, 6) is 0.466. The highest BCUT2D eigenvalue weighted by Crippen LogP contribution is 2.33. The molecule has 4 aliphatic rings. The molecule has 4 aliphatic heterocycles. The molecule has 4 saturated heterocycles. The van der Waals surface area contributed by atoms with Crippen LogP contribution in [-0.4, -0.2) is 104 Å². The Morgan fingerprint density at radius 1 is 1.10 bits per heavy atom. The first-order valence-corrected chi connectivity index (χ1v) is 12.2. The third-order valence-electron chi connectivity index (χ3n) is 7.17. The van der Waals surface area contributed by atoms with E-state index in [0.717, 1.165) is 32.7 Å². The van der Waals surface area contributed by atoms with Gasteiger partial charge in [-0.3, -0.25) is 9.59 Å². The second-order valence-corrected chi connectivity index (χ2v) is 10.2. The summed E-state index contributed by atoms with van der Waals surface area (Å²) in [5, 5.41) is 3.30. The van der Waals surface area contributed by atoms with E-state index in [1.165, 1.54) is 25.9 Å². The van der Waals surface area contributed by atoms with Gasteiger partial charge in [0.05, 0.1) is 25.8 Å². The van der Waals surface area contributed by atoms with E-state index in [4.69, 9.17) is 9.47 Å². The minimum absolute atomic E-state index is 0.0381. The molecule has 0 saturated carbocycles. The molecule has 4 rings (SSSR count). The molecule has 31 heavy (non-hydrogen) atoms. The zero-order valence-electron chi connectivity index (χ0n) is 19.3. The maximum Gasteiger partial charge on any atom is 0.242 e. The zero-order chi connectivity index (χ0) is 21.8. The monoisotopic (exact) mass is 436 g/mol. The maximum atomic E-state index is 12.9. The Bertz CT molecular complexity index is 619. The summed E-state index contributed by atoms with van der Waals surface area (Å²) in [7, 11) is 0. The lowest BCUT2D eigenvalue weighted by Gasteiger charge is -2.46. The molecule has 0 aliphatic carbocycles. The van der Waals surface area contributed by atoms with Crippen LogP contribution in [0.3, 0.4) is 0 Å². The summed E-state index contributed by atoms with van der Waals surface area (Å²) in [6, 6.07) is -0.163. The van der Waals surface area contributed by atoms with Crippen molar-refractivity contribution >= 4 is 11.8 Å². The number of piperazine rings is 1. The van der Waals surface area contributed by atoms with Crippen LogP contribution in [0.15, 0.2) is 0 Å². The number of hydrogen-bond donors (Lipinski definition) is 1. The molecular weight excluding hydrogens is 396 g/mol. The summed E-state index contributed by atoms with van der Waals surface area (Å²) >= 11 is 0. The number of piperidine rings is 1. The topological polar surface area (TPSA) is 74.3 Å². The summed E-state index contributed by atoms with van der Waals surface area (Å²) in [4.78, 5) is 31.7. The largest absolute Gasteiger partial charge is 0.349 e. The highest BCUT2D eigenvalue weighted by molar-refractivity contribution is 5.88. The molecule has 0 radical (unpaired) electrons. The molecule has 0 bridgehead atoms. The standard InChI is InChI=1S/C23H40N4O4/c1-18(2)13-20-22(29)27(12-7-24-20)15-21(28)26-10-5-23(6-11-26)30-16-19(17-31-23)14-25-8-3-4-9-25/h18-20,24H,3-17H2,1-2H3. The molecule has 2 amide bonds. The lowest BCUT2D eigenvalue weighted by atomic mass is 10.00. The molecule has 4 heterocycles. The average Bonchev–Trinajstić information content (AvgIpc) is 3.26. The van der Waals surface area contributed by atoms with Crippen LogP contribution in [0.1, 0.15) is 46.0 Å². The lowest BCUT2D eigenvalue weighted by Crippen LogP contribution is -2.59. The van der Waals surface area contributed by atoms with Crippen molar-refractivity contribution in [3.63, 3.8) is 0 Å². The fourth-order valence-electron chi connectivity index (χ4n) is 5.32. The Morgan fingerprint density at radius 2 is 1.77 bits per heavy atom. The van der Waals surface area contributed by atoms with Gasteiger partial charge in [0, 0.05) is 51.5 Å². The molecule has 4 fully saturated rings. The highest BCUT2D eigenvalue weighted by Gasteiger charge is 2.42. The van der Waals surface area contributed by atoms with Crippen molar-refractivity contribution in [2.45, 2.75) is 57.8 Å². The molecule has 0 aromatic rings. The van der Waals surface area contributed by atoms with E-state index in [1.807, 2.05) is 4.90 Å². The lowest BCUT2D eigenvalue weighted by molar-refractivity contribution is -0.298. The van der Waals surface area contributed by atoms with Crippen molar-refractivity contribution in [1.82, 2.24) is 20.0 Å². The number of rotatable bonds is 6. The number of nitrogens with zero attached hydrogens (tertiary/aromatic N) is 3. The fourth-order valence-corrected chi connectivity index (χ4v) is 5.32. The van der Waals surface area contributed by atoms with Crippen LogP contribution in [0.25, 0.3) is 0 Å². The van der Waals surface area contributed by atoms with Gasteiger partial charge in [-0.2, -0.15) is 0 Å². The van der Waals surface area contributed by atoms with Gasteiger partial charge >= 0.3 is 0 Å². The van der Waals surface area contributed by atoms with Crippen LogP contribution in [0.4, 0.5) is 0 Å². The normalized spacial score (nSPS) is 28.1. The Hall–Kier alpha value is -1.22. The minimum atomic E-state index is -0.522. The molecule has 1 unspecified atom stereocenters. The molecule has 8 nitrogen and oxygen atoms in total.